The van der Waals surface area contributed by atoms with Crippen molar-refractivity contribution in [1.29, 1.82) is 0 Å². The van der Waals surface area contributed by atoms with Crippen LogP contribution in [0.1, 0.15) is 30.1 Å². The lowest BCUT2D eigenvalue weighted by molar-refractivity contribution is -0.137. The summed E-state index contributed by atoms with van der Waals surface area (Å²) in [7, 11) is -7.36. The van der Waals surface area contributed by atoms with E-state index in [9.17, 15) is 30.0 Å². The molecule has 2 aromatic rings. The molecule has 0 spiro atoms. The predicted molar refractivity (Wildman–Crippen MR) is 99.9 cm³/mol. The zero-order chi connectivity index (χ0) is 21.4. The number of ether oxygens (including phenoxy) is 1. The number of benzene rings is 2. The van der Waals surface area contributed by atoms with Crippen molar-refractivity contribution in [2.45, 2.75) is 40.2 Å². The topological polar surface area (TPSA) is 77.5 Å². The molecule has 3 rings (SSSR count). The molecule has 0 aliphatic carbocycles. The van der Waals surface area contributed by atoms with E-state index in [1.54, 1.807) is 12.1 Å². The maximum absolute atomic E-state index is 12.9. The minimum atomic E-state index is -4.63. The average Bonchev–Trinajstić information content (AvgIpc) is 2.67. The van der Waals surface area contributed by atoms with Crippen molar-refractivity contribution in [3.63, 3.8) is 0 Å². The van der Waals surface area contributed by atoms with Crippen LogP contribution in [0.4, 0.5) is 13.2 Å². The fraction of sp³-hybridized carbons (Fsp3) is 0.368. The first-order valence-electron chi connectivity index (χ1n) is 8.72. The molecular formula is C19H19F3O5S2. The molecule has 1 aliphatic rings. The lowest BCUT2D eigenvalue weighted by atomic mass is 10.0. The molecule has 0 amide bonds. The van der Waals surface area contributed by atoms with Crippen LogP contribution < -0.4 is 0 Å². The van der Waals surface area contributed by atoms with Crippen LogP contribution in [0, 0.1) is 0 Å². The van der Waals surface area contributed by atoms with Gasteiger partial charge in [0.05, 0.1) is 26.7 Å². The minimum absolute atomic E-state index is 0.0663. The van der Waals surface area contributed by atoms with Crippen molar-refractivity contribution in [3.8, 4) is 0 Å². The Balaban J connectivity index is 1.85. The fourth-order valence-electron chi connectivity index (χ4n) is 3.25. The third kappa shape index (κ3) is 4.81. The number of rotatable bonds is 4. The van der Waals surface area contributed by atoms with Gasteiger partial charge in [0.15, 0.2) is 19.7 Å². The van der Waals surface area contributed by atoms with E-state index in [1.807, 2.05) is 0 Å². The molecule has 0 radical (unpaired) electrons. The third-order valence-electron chi connectivity index (χ3n) is 4.84. The van der Waals surface area contributed by atoms with Gasteiger partial charge in [0.25, 0.3) is 0 Å². The lowest BCUT2D eigenvalue weighted by Crippen LogP contribution is -2.31. The molecule has 2 atom stereocenters. The van der Waals surface area contributed by atoms with E-state index in [2.05, 4.69) is 0 Å². The van der Waals surface area contributed by atoms with Crippen LogP contribution in [-0.4, -0.2) is 34.9 Å². The number of hydrogen-bond acceptors (Lipinski definition) is 5. The van der Waals surface area contributed by atoms with Gasteiger partial charge < -0.3 is 4.74 Å². The van der Waals surface area contributed by atoms with Crippen molar-refractivity contribution in [3.05, 3.63) is 59.7 Å². The normalized spacial score (nSPS) is 21.1. The van der Waals surface area contributed by atoms with Crippen LogP contribution in [0.15, 0.2) is 58.3 Å². The molecule has 2 unspecified atom stereocenters. The van der Waals surface area contributed by atoms with E-state index in [-0.39, 0.29) is 29.2 Å². The van der Waals surface area contributed by atoms with Gasteiger partial charge in [-0.3, -0.25) is 0 Å². The van der Waals surface area contributed by atoms with Crippen LogP contribution in [0.25, 0.3) is 0 Å². The summed E-state index contributed by atoms with van der Waals surface area (Å²) in [4.78, 5) is -0.240. The molecule has 1 aliphatic heterocycles. The number of hydrogen-bond donors (Lipinski definition) is 0. The number of sulfone groups is 2. The molecule has 2 aromatic carbocycles. The summed E-state index contributed by atoms with van der Waals surface area (Å²) in [5.74, 6) is 0. The van der Waals surface area contributed by atoms with Gasteiger partial charge in [-0.15, -0.1) is 0 Å². The highest BCUT2D eigenvalue weighted by molar-refractivity contribution is 7.92. The first-order chi connectivity index (χ1) is 13.4. The largest absolute Gasteiger partial charge is 0.416 e. The Morgan fingerprint density at radius 3 is 2.21 bits per heavy atom. The van der Waals surface area contributed by atoms with Crippen molar-refractivity contribution in [2.75, 3.05) is 12.9 Å². The maximum atomic E-state index is 12.9. The SMILES string of the molecule is CS(=O)(=O)c1ccc(C2CC(S(=O)(=O)c3cccc(C(F)(F)F)c3)CCO2)cc1. The molecular weight excluding hydrogens is 429 g/mol. The van der Waals surface area contributed by atoms with Crippen LogP contribution in [0.5, 0.6) is 0 Å². The highest BCUT2D eigenvalue weighted by Crippen LogP contribution is 2.36. The van der Waals surface area contributed by atoms with Gasteiger partial charge in [-0.05, 0) is 48.7 Å². The Kier molecular flexibility index (Phi) is 5.81. The van der Waals surface area contributed by atoms with Crippen molar-refractivity contribution in [2.24, 2.45) is 0 Å². The summed E-state index contributed by atoms with van der Waals surface area (Å²) in [6.07, 6.45) is -3.92. The summed E-state index contributed by atoms with van der Waals surface area (Å²) in [5.41, 5.74) is -0.403. The smallest absolute Gasteiger partial charge is 0.373 e. The van der Waals surface area contributed by atoms with Crippen LogP contribution in [-0.2, 0) is 30.6 Å². The summed E-state index contributed by atoms with van der Waals surface area (Å²) >= 11 is 0. The van der Waals surface area contributed by atoms with Gasteiger partial charge in [0.2, 0.25) is 0 Å². The molecule has 0 saturated carbocycles. The minimum Gasteiger partial charge on any atom is -0.373 e. The van der Waals surface area contributed by atoms with Crippen LogP contribution >= 0.6 is 0 Å². The maximum Gasteiger partial charge on any atom is 0.416 e. The van der Waals surface area contributed by atoms with E-state index in [0.717, 1.165) is 24.5 Å². The van der Waals surface area contributed by atoms with Crippen LogP contribution in [0.2, 0.25) is 0 Å². The summed E-state index contributed by atoms with van der Waals surface area (Å²) in [6.45, 7) is 0.126. The molecule has 0 bridgehead atoms. The Bertz CT molecular complexity index is 1090. The second-order valence-electron chi connectivity index (χ2n) is 6.92. The fourth-order valence-corrected chi connectivity index (χ4v) is 5.66. The molecule has 29 heavy (non-hydrogen) atoms. The molecule has 1 fully saturated rings. The second kappa shape index (κ2) is 7.73. The average molecular weight is 448 g/mol. The first-order valence-corrected chi connectivity index (χ1v) is 12.2. The van der Waals surface area contributed by atoms with Gasteiger partial charge in [0, 0.05) is 12.9 Å². The van der Waals surface area contributed by atoms with E-state index >= 15 is 0 Å². The van der Waals surface area contributed by atoms with Gasteiger partial charge in [0.1, 0.15) is 0 Å². The molecule has 158 valence electrons. The molecule has 0 N–H and O–H groups in total. The van der Waals surface area contributed by atoms with Gasteiger partial charge in [-0.25, -0.2) is 16.8 Å². The molecule has 1 heterocycles. The standard InChI is InChI=1S/C19H19F3O5S2/c1-28(23,24)15-7-5-13(6-8-15)18-12-17(9-10-27-18)29(25,26)16-4-2-3-14(11-16)19(20,21)22/h2-8,11,17-18H,9-10,12H2,1H3. The highest BCUT2D eigenvalue weighted by Gasteiger charge is 2.36. The summed E-state index contributed by atoms with van der Waals surface area (Å²) in [5, 5.41) is -0.903. The van der Waals surface area contributed by atoms with E-state index in [0.29, 0.717) is 11.6 Å². The van der Waals surface area contributed by atoms with Crippen molar-refractivity contribution >= 4 is 19.7 Å². The molecule has 10 heteroatoms. The summed E-state index contributed by atoms with van der Waals surface area (Å²) in [6, 6.07) is 9.67. The first kappa shape index (κ1) is 21.8. The van der Waals surface area contributed by atoms with Crippen molar-refractivity contribution in [1.82, 2.24) is 0 Å². The summed E-state index contributed by atoms with van der Waals surface area (Å²) < 4.78 is 93.4. The third-order valence-corrected chi connectivity index (χ3v) is 8.19. The lowest BCUT2D eigenvalue weighted by Gasteiger charge is -2.30. The Hall–Kier alpha value is -1.91. The van der Waals surface area contributed by atoms with E-state index in [4.69, 9.17) is 4.74 Å². The quantitative estimate of drug-likeness (QED) is 0.711. The molecule has 5 nitrogen and oxygen atoms in total. The number of halogens is 3. The highest BCUT2D eigenvalue weighted by atomic mass is 32.2. The van der Waals surface area contributed by atoms with Gasteiger partial charge >= 0.3 is 6.18 Å². The van der Waals surface area contributed by atoms with Crippen LogP contribution in [0.3, 0.4) is 0 Å². The monoisotopic (exact) mass is 448 g/mol. The van der Waals surface area contributed by atoms with Crippen molar-refractivity contribution < 1.29 is 34.7 Å². The van der Waals surface area contributed by atoms with E-state index < -0.39 is 42.8 Å². The van der Waals surface area contributed by atoms with Gasteiger partial charge in [-0.1, -0.05) is 18.2 Å². The zero-order valence-electron chi connectivity index (χ0n) is 15.4. The van der Waals surface area contributed by atoms with E-state index in [1.165, 1.54) is 12.1 Å². The molecule has 0 aromatic heterocycles. The van der Waals surface area contributed by atoms with Gasteiger partial charge in [-0.2, -0.15) is 13.2 Å². The number of alkyl halides is 3. The second-order valence-corrected chi connectivity index (χ2v) is 11.2. The molecule has 1 saturated heterocycles. The zero-order valence-corrected chi connectivity index (χ0v) is 17.0. The predicted octanol–water partition coefficient (Wildman–Crippen LogP) is 3.80. The Morgan fingerprint density at radius 2 is 1.62 bits per heavy atom. The Labute approximate surface area is 167 Å². The Morgan fingerprint density at radius 1 is 0.966 bits per heavy atom.